The summed E-state index contributed by atoms with van der Waals surface area (Å²) in [6, 6.07) is 0. The van der Waals surface area contributed by atoms with E-state index in [1.54, 1.807) is 0 Å². The van der Waals surface area contributed by atoms with Crippen molar-refractivity contribution < 1.29 is 0 Å². The van der Waals surface area contributed by atoms with Crippen LogP contribution >= 0.6 is 0 Å². The van der Waals surface area contributed by atoms with Crippen molar-refractivity contribution in [3.8, 4) is 0 Å². The Morgan fingerprint density at radius 3 is 2.40 bits per heavy atom. The van der Waals surface area contributed by atoms with Crippen molar-refractivity contribution >= 4 is 0 Å². The Balaban J connectivity index is 1.90. The predicted octanol–water partition coefficient (Wildman–Crippen LogP) is 2.47. The summed E-state index contributed by atoms with van der Waals surface area (Å²) < 4.78 is 2.16. The van der Waals surface area contributed by atoms with Gasteiger partial charge in [-0.3, -0.25) is 0 Å². The van der Waals surface area contributed by atoms with Gasteiger partial charge in [0, 0.05) is 11.6 Å². The van der Waals surface area contributed by atoms with Gasteiger partial charge in [0.15, 0.2) is 0 Å². The second-order valence-electron chi connectivity index (χ2n) is 6.18. The third-order valence-corrected chi connectivity index (χ3v) is 3.82. The van der Waals surface area contributed by atoms with Crippen LogP contribution in [0.5, 0.6) is 0 Å². The van der Waals surface area contributed by atoms with E-state index in [9.17, 15) is 0 Å². The van der Waals surface area contributed by atoms with E-state index < -0.39 is 0 Å². The summed E-state index contributed by atoms with van der Waals surface area (Å²) in [6.07, 6.45) is 7.58. The Morgan fingerprint density at radius 2 is 2.00 bits per heavy atom. The van der Waals surface area contributed by atoms with Crippen LogP contribution < -0.4 is 0 Å². The van der Waals surface area contributed by atoms with Crippen LogP contribution in [0.4, 0.5) is 0 Å². The first-order valence-electron chi connectivity index (χ1n) is 5.96. The molecule has 2 aliphatic carbocycles. The minimum Gasteiger partial charge on any atom is -0.246 e. The zero-order valence-corrected chi connectivity index (χ0v) is 9.82. The van der Waals surface area contributed by atoms with Crippen LogP contribution in [0.2, 0.25) is 0 Å². The Hall–Kier alpha value is -0.860. The van der Waals surface area contributed by atoms with Crippen molar-refractivity contribution in [2.75, 3.05) is 0 Å². The first-order chi connectivity index (χ1) is 7.02. The molecule has 2 fully saturated rings. The molecule has 82 valence electrons. The fourth-order valence-electron chi connectivity index (χ4n) is 2.40. The van der Waals surface area contributed by atoms with Crippen molar-refractivity contribution in [2.45, 2.75) is 57.4 Å². The topological polar surface area (TPSA) is 30.7 Å². The Bertz CT molecular complexity index is 378. The SMILES string of the molecule is CC(C)(C)c1cn(C2(C3CC3)CC2)nn1. The Labute approximate surface area is 90.9 Å². The molecule has 3 nitrogen and oxygen atoms in total. The first-order valence-corrected chi connectivity index (χ1v) is 5.96. The summed E-state index contributed by atoms with van der Waals surface area (Å²) in [7, 11) is 0. The number of aromatic nitrogens is 3. The highest BCUT2D eigenvalue weighted by molar-refractivity contribution is 5.13. The lowest BCUT2D eigenvalue weighted by atomic mass is 9.93. The van der Waals surface area contributed by atoms with Crippen LogP contribution in [-0.4, -0.2) is 15.0 Å². The average Bonchev–Trinajstić information content (AvgIpc) is 3.01. The Morgan fingerprint density at radius 1 is 1.33 bits per heavy atom. The van der Waals surface area contributed by atoms with E-state index in [1.165, 1.54) is 25.7 Å². The molecule has 1 aromatic heterocycles. The van der Waals surface area contributed by atoms with Crippen molar-refractivity contribution in [3.05, 3.63) is 11.9 Å². The van der Waals surface area contributed by atoms with Crippen molar-refractivity contribution in [2.24, 2.45) is 5.92 Å². The van der Waals surface area contributed by atoms with Crippen molar-refractivity contribution in [1.82, 2.24) is 15.0 Å². The van der Waals surface area contributed by atoms with Gasteiger partial charge in [0.1, 0.15) is 0 Å². The maximum absolute atomic E-state index is 4.34. The van der Waals surface area contributed by atoms with E-state index in [0.29, 0.717) is 5.54 Å². The Kier molecular flexibility index (Phi) is 1.64. The molecule has 0 aliphatic heterocycles. The number of nitrogens with zero attached hydrogens (tertiary/aromatic N) is 3. The highest BCUT2D eigenvalue weighted by Crippen LogP contribution is 2.58. The van der Waals surface area contributed by atoms with E-state index in [2.05, 4.69) is 42.0 Å². The third-order valence-electron chi connectivity index (χ3n) is 3.82. The summed E-state index contributed by atoms with van der Waals surface area (Å²) in [5, 5.41) is 8.66. The molecule has 3 rings (SSSR count). The van der Waals surface area contributed by atoms with Crippen molar-refractivity contribution in [1.29, 1.82) is 0 Å². The molecule has 0 radical (unpaired) electrons. The fourth-order valence-corrected chi connectivity index (χ4v) is 2.40. The van der Waals surface area contributed by atoms with Gasteiger partial charge in [-0.2, -0.15) is 0 Å². The third kappa shape index (κ3) is 1.40. The second kappa shape index (κ2) is 2.63. The molecule has 1 heterocycles. The lowest BCUT2D eigenvalue weighted by molar-refractivity contribution is 0.371. The number of hydrogen-bond acceptors (Lipinski definition) is 2. The molecule has 0 spiro atoms. The lowest BCUT2D eigenvalue weighted by Gasteiger charge is -2.15. The second-order valence-corrected chi connectivity index (χ2v) is 6.18. The lowest BCUT2D eigenvalue weighted by Crippen LogP contribution is -2.20. The van der Waals surface area contributed by atoms with Crippen LogP contribution in [0.25, 0.3) is 0 Å². The molecule has 0 unspecified atom stereocenters. The number of hydrogen-bond donors (Lipinski definition) is 0. The summed E-state index contributed by atoms with van der Waals surface area (Å²) in [5.74, 6) is 0.895. The molecule has 0 atom stereocenters. The molecular formula is C12H19N3. The largest absolute Gasteiger partial charge is 0.246 e. The van der Waals surface area contributed by atoms with Crippen LogP contribution in [0.1, 0.15) is 52.1 Å². The van der Waals surface area contributed by atoms with Crippen molar-refractivity contribution in [3.63, 3.8) is 0 Å². The van der Waals surface area contributed by atoms with Gasteiger partial charge in [0.05, 0.1) is 11.2 Å². The van der Waals surface area contributed by atoms with E-state index >= 15 is 0 Å². The average molecular weight is 205 g/mol. The minimum absolute atomic E-state index is 0.123. The zero-order valence-electron chi connectivity index (χ0n) is 9.82. The van der Waals surface area contributed by atoms with Gasteiger partial charge < -0.3 is 0 Å². The van der Waals surface area contributed by atoms with Crippen LogP contribution in [0.3, 0.4) is 0 Å². The minimum atomic E-state index is 0.123. The molecule has 0 aromatic carbocycles. The molecule has 0 N–H and O–H groups in total. The summed E-state index contributed by atoms with van der Waals surface area (Å²) >= 11 is 0. The van der Waals surface area contributed by atoms with Gasteiger partial charge >= 0.3 is 0 Å². The molecule has 15 heavy (non-hydrogen) atoms. The molecular weight excluding hydrogens is 186 g/mol. The van der Waals surface area contributed by atoms with Gasteiger partial charge in [-0.1, -0.05) is 26.0 Å². The van der Waals surface area contributed by atoms with E-state index in [4.69, 9.17) is 0 Å². The van der Waals surface area contributed by atoms with E-state index in [0.717, 1.165) is 11.6 Å². The quantitative estimate of drug-likeness (QED) is 0.742. The van der Waals surface area contributed by atoms with Crippen LogP contribution in [-0.2, 0) is 11.0 Å². The zero-order chi connectivity index (χ0) is 10.7. The van der Waals surface area contributed by atoms with Crippen LogP contribution in [0.15, 0.2) is 6.20 Å². The standard InChI is InChI=1S/C12H19N3/c1-11(2,3)10-8-15(14-13-10)12(6-7-12)9-4-5-9/h8-9H,4-7H2,1-3H3. The smallest absolute Gasteiger partial charge is 0.0880 e. The number of rotatable bonds is 2. The fraction of sp³-hybridized carbons (Fsp3) is 0.833. The maximum Gasteiger partial charge on any atom is 0.0880 e. The van der Waals surface area contributed by atoms with Gasteiger partial charge in [0.25, 0.3) is 0 Å². The molecule has 0 saturated heterocycles. The molecule has 1 aromatic rings. The normalized spacial score (nSPS) is 24.2. The van der Waals surface area contributed by atoms with Gasteiger partial charge in [0.2, 0.25) is 0 Å². The van der Waals surface area contributed by atoms with Gasteiger partial charge in [-0.05, 0) is 31.6 Å². The molecule has 0 amide bonds. The predicted molar refractivity (Wildman–Crippen MR) is 58.7 cm³/mol. The van der Waals surface area contributed by atoms with Gasteiger partial charge in [-0.15, -0.1) is 5.10 Å². The van der Waals surface area contributed by atoms with Crippen LogP contribution in [0, 0.1) is 5.92 Å². The summed E-state index contributed by atoms with van der Waals surface area (Å²) in [6.45, 7) is 6.58. The van der Waals surface area contributed by atoms with E-state index in [-0.39, 0.29) is 5.41 Å². The molecule has 2 aliphatic rings. The molecule has 2 saturated carbocycles. The molecule has 3 heteroatoms. The van der Waals surface area contributed by atoms with Gasteiger partial charge in [-0.25, -0.2) is 4.68 Å². The van der Waals surface area contributed by atoms with E-state index in [1.807, 2.05) is 0 Å². The highest BCUT2D eigenvalue weighted by atomic mass is 15.5. The summed E-state index contributed by atoms with van der Waals surface area (Å²) in [5.41, 5.74) is 1.63. The first kappa shape index (κ1) is 9.37. The highest BCUT2D eigenvalue weighted by Gasteiger charge is 2.56. The maximum atomic E-state index is 4.34. The summed E-state index contributed by atoms with van der Waals surface area (Å²) in [4.78, 5) is 0. The molecule has 0 bridgehead atoms. The monoisotopic (exact) mass is 205 g/mol.